The fourth-order valence-electron chi connectivity index (χ4n) is 3.34. The van der Waals surface area contributed by atoms with Crippen LogP contribution in [0.4, 0.5) is 0 Å². The first kappa shape index (κ1) is 19.4. The molecular formula is C23H31O2. The van der Waals surface area contributed by atoms with Gasteiger partial charge in [-0.2, -0.15) is 0 Å². The van der Waals surface area contributed by atoms with Crippen LogP contribution >= 0.6 is 0 Å². The van der Waals surface area contributed by atoms with Crippen LogP contribution in [0, 0.1) is 18.4 Å². The lowest BCUT2D eigenvalue weighted by Crippen LogP contribution is -2.25. The summed E-state index contributed by atoms with van der Waals surface area (Å²) in [6, 6.07) is 17.4. The van der Waals surface area contributed by atoms with E-state index in [0.29, 0.717) is 5.75 Å². The van der Waals surface area contributed by atoms with E-state index in [0.717, 1.165) is 12.2 Å². The molecule has 2 rings (SSSR count). The zero-order chi connectivity index (χ0) is 18.7. The highest BCUT2D eigenvalue weighted by Crippen LogP contribution is 2.36. The summed E-state index contributed by atoms with van der Waals surface area (Å²) >= 11 is 0. The fraction of sp³-hybridized carbons (Fsp3) is 0.478. The SMILES string of the molecule is Cc1ccc(OC(C)Oc2[c]cc(C(C)(C)CC(C)(C)C)cc2)cc1. The molecule has 1 atom stereocenters. The molecule has 0 fully saturated rings. The number of hydrogen-bond donors (Lipinski definition) is 0. The van der Waals surface area contributed by atoms with Gasteiger partial charge in [-0.15, -0.1) is 0 Å². The maximum absolute atomic E-state index is 5.84. The average molecular weight is 339 g/mol. The minimum Gasteiger partial charge on any atom is -0.455 e. The summed E-state index contributed by atoms with van der Waals surface area (Å²) in [7, 11) is 0. The van der Waals surface area contributed by atoms with Gasteiger partial charge in [-0.1, -0.05) is 58.4 Å². The Kier molecular flexibility index (Phi) is 5.82. The first-order valence-electron chi connectivity index (χ1n) is 8.97. The third-order valence-electron chi connectivity index (χ3n) is 4.15. The Bertz CT molecular complexity index is 661. The molecule has 0 aliphatic carbocycles. The van der Waals surface area contributed by atoms with E-state index in [1.165, 1.54) is 11.1 Å². The lowest BCUT2D eigenvalue weighted by Gasteiger charge is -2.33. The van der Waals surface area contributed by atoms with Crippen molar-refractivity contribution < 1.29 is 9.47 Å². The minimum atomic E-state index is -0.368. The molecule has 0 saturated heterocycles. The standard InChI is InChI=1S/C23H31O2/c1-17-8-12-20(13-9-17)24-18(2)25-21-14-10-19(11-15-21)23(6,7)16-22(3,4)5/h8-14,18H,16H2,1-7H3. The van der Waals surface area contributed by atoms with Crippen LogP contribution in [-0.2, 0) is 5.41 Å². The number of rotatable bonds is 6. The van der Waals surface area contributed by atoms with Crippen LogP contribution in [0.15, 0.2) is 42.5 Å². The van der Waals surface area contributed by atoms with Crippen LogP contribution in [0.25, 0.3) is 0 Å². The Balaban J connectivity index is 1.98. The molecule has 2 aromatic rings. The second-order valence-electron chi connectivity index (χ2n) is 8.68. The van der Waals surface area contributed by atoms with Crippen molar-refractivity contribution >= 4 is 0 Å². The van der Waals surface area contributed by atoms with E-state index in [2.05, 4.69) is 53.7 Å². The van der Waals surface area contributed by atoms with Crippen molar-refractivity contribution in [3.63, 3.8) is 0 Å². The van der Waals surface area contributed by atoms with Gasteiger partial charge in [-0.25, -0.2) is 0 Å². The first-order chi connectivity index (χ1) is 11.5. The van der Waals surface area contributed by atoms with Gasteiger partial charge in [-0.05, 0) is 54.0 Å². The fourth-order valence-corrected chi connectivity index (χ4v) is 3.34. The Morgan fingerprint density at radius 2 is 1.56 bits per heavy atom. The van der Waals surface area contributed by atoms with Gasteiger partial charge in [0.25, 0.3) is 0 Å². The van der Waals surface area contributed by atoms with Crippen LogP contribution in [-0.4, -0.2) is 6.29 Å². The first-order valence-corrected chi connectivity index (χ1v) is 8.97. The van der Waals surface area contributed by atoms with Crippen LogP contribution in [0.1, 0.15) is 59.1 Å². The molecule has 1 unspecified atom stereocenters. The Hall–Kier alpha value is -1.96. The van der Waals surface area contributed by atoms with Gasteiger partial charge in [0.05, 0.1) is 0 Å². The van der Waals surface area contributed by atoms with Crippen LogP contribution in [0.3, 0.4) is 0 Å². The lowest BCUT2D eigenvalue weighted by atomic mass is 9.72. The Morgan fingerprint density at radius 1 is 0.920 bits per heavy atom. The summed E-state index contributed by atoms with van der Waals surface area (Å²) in [5.41, 5.74) is 2.89. The Labute approximate surface area is 153 Å². The van der Waals surface area contributed by atoms with E-state index in [1.807, 2.05) is 43.3 Å². The summed E-state index contributed by atoms with van der Waals surface area (Å²) in [6.07, 6.45) is 0.744. The molecule has 0 bridgehead atoms. The van der Waals surface area contributed by atoms with Crippen molar-refractivity contribution in [2.45, 2.75) is 66.6 Å². The van der Waals surface area contributed by atoms with Crippen molar-refractivity contribution in [1.82, 2.24) is 0 Å². The molecule has 25 heavy (non-hydrogen) atoms. The molecule has 0 saturated carbocycles. The highest BCUT2D eigenvalue weighted by molar-refractivity contribution is 5.31. The normalized spacial score (nSPS) is 13.4. The van der Waals surface area contributed by atoms with Crippen molar-refractivity contribution in [2.24, 2.45) is 5.41 Å². The zero-order valence-electron chi connectivity index (χ0n) is 16.6. The molecular weight excluding hydrogens is 308 g/mol. The summed E-state index contributed by atoms with van der Waals surface area (Å²) in [6.45, 7) is 15.4. The van der Waals surface area contributed by atoms with Crippen LogP contribution in [0.2, 0.25) is 0 Å². The monoisotopic (exact) mass is 339 g/mol. The van der Waals surface area contributed by atoms with Gasteiger partial charge >= 0.3 is 0 Å². The molecule has 0 aliphatic heterocycles. The third kappa shape index (κ3) is 6.12. The van der Waals surface area contributed by atoms with Crippen molar-refractivity contribution in [3.05, 3.63) is 59.7 Å². The molecule has 135 valence electrons. The van der Waals surface area contributed by atoms with E-state index >= 15 is 0 Å². The minimum absolute atomic E-state index is 0.108. The molecule has 0 aliphatic rings. The predicted octanol–water partition coefficient (Wildman–Crippen LogP) is 6.31. The Morgan fingerprint density at radius 3 is 2.08 bits per heavy atom. The van der Waals surface area contributed by atoms with Crippen molar-refractivity contribution in [2.75, 3.05) is 0 Å². The highest BCUT2D eigenvalue weighted by atomic mass is 16.7. The van der Waals surface area contributed by atoms with E-state index in [9.17, 15) is 0 Å². The molecule has 1 radical (unpaired) electrons. The number of hydrogen-bond acceptors (Lipinski definition) is 2. The molecule has 0 spiro atoms. The van der Waals surface area contributed by atoms with E-state index in [1.54, 1.807) is 0 Å². The molecule has 2 heteroatoms. The van der Waals surface area contributed by atoms with Crippen LogP contribution < -0.4 is 9.47 Å². The summed E-state index contributed by atoms with van der Waals surface area (Å²) in [5, 5.41) is 0. The highest BCUT2D eigenvalue weighted by Gasteiger charge is 2.27. The predicted molar refractivity (Wildman–Crippen MR) is 104 cm³/mol. The molecule has 0 N–H and O–H groups in total. The van der Waals surface area contributed by atoms with Gasteiger partial charge in [-0.3, -0.25) is 0 Å². The van der Waals surface area contributed by atoms with E-state index < -0.39 is 0 Å². The van der Waals surface area contributed by atoms with E-state index in [4.69, 9.17) is 9.47 Å². The topological polar surface area (TPSA) is 18.5 Å². The number of benzene rings is 2. The maximum Gasteiger partial charge on any atom is 0.238 e. The molecule has 0 heterocycles. The largest absolute Gasteiger partial charge is 0.455 e. The van der Waals surface area contributed by atoms with Gasteiger partial charge in [0.1, 0.15) is 11.5 Å². The molecule has 0 aromatic heterocycles. The maximum atomic E-state index is 5.84. The van der Waals surface area contributed by atoms with Gasteiger partial charge in [0.2, 0.25) is 6.29 Å². The van der Waals surface area contributed by atoms with Gasteiger partial charge in [0, 0.05) is 13.0 Å². The number of ether oxygens (including phenoxy) is 2. The molecule has 2 nitrogen and oxygen atoms in total. The lowest BCUT2D eigenvalue weighted by molar-refractivity contribution is 0.0220. The van der Waals surface area contributed by atoms with Gasteiger partial charge < -0.3 is 9.47 Å². The molecule has 0 amide bonds. The average Bonchev–Trinajstić information content (AvgIpc) is 2.48. The second kappa shape index (κ2) is 7.51. The summed E-state index contributed by atoms with van der Waals surface area (Å²) in [4.78, 5) is 0. The molecule has 2 aromatic carbocycles. The van der Waals surface area contributed by atoms with Crippen molar-refractivity contribution in [1.29, 1.82) is 0 Å². The second-order valence-corrected chi connectivity index (χ2v) is 8.68. The smallest absolute Gasteiger partial charge is 0.238 e. The number of aryl methyl sites for hydroxylation is 1. The zero-order valence-corrected chi connectivity index (χ0v) is 16.6. The van der Waals surface area contributed by atoms with Crippen molar-refractivity contribution in [3.8, 4) is 11.5 Å². The van der Waals surface area contributed by atoms with Crippen LogP contribution in [0.5, 0.6) is 11.5 Å². The summed E-state index contributed by atoms with van der Waals surface area (Å²) < 4.78 is 11.6. The quantitative estimate of drug-likeness (QED) is 0.574. The van der Waals surface area contributed by atoms with Gasteiger partial charge in [0.15, 0.2) is 0 Å². The third-order valence-corrected chi connectivity index (χ3v) is 4.15. The van der Waals surface area contributed by atoms with E-state index in [-0.39, 0.29) is 17.1 Å². The summed E-state index contributed by atoms with van der Waals surface area (Å²) in [5.74, 6) is 1.51.